The fourth-order valence-electron chi connectivity index (χ4n) is 1.22. The molecule has 1 rings (SSSR count). The summed E-state index contributed by atoms with van der Waals surface area (Å²) in [5, 5.41) is 17.6. The van der Waals surface area contributed by atoms with Gasteiger partial charge in [0.25, 0.3) is 0 Å². The van der Waals surface area contributed by atoms with E-state index in [-0.39, 0.29) is 11.1 Å². The van der Waals surface area contributed by atoms with E-state index in [4.69, 9.17) is 10.2 Å². The summed E-state index contributed by atoms with van der Waals surface area (Å²) >= 11 is 0. The molecule has 1 aromatic rings. The lowest BCUT2D eigenvalue weighted by molar-refractivity contribution is 0.0651. The minimum Gasteiger partial charge on any atom is -0.478 e. The molecule has 0 fully saturated rings. The van der Waals surface area contributed by atoms with Crippen molar-refractivity contribution < 1.29 is 19.8 Å². The zero-order valence-electron chi connectivity index (χ0n) is 8.10. The van der Waals surface area contributed by atoms with Crippen molar-refractivity contribution in [1.82, 2.24) is 0 Å². The Morgan fingerprint density at radius 1 is 1.13 bits per heavy atom. The molecule has 0 saturated carbocycles. The van der Waals surface area contributed by atoms with E-state index < -0.39 is 11.9 Å². The van der Waals surface area contributed by atoms with Crippen LogP contribution >= 0.6 is 0 Å². The van der Waals surface area contributed by atoms with Crippen LogP contribution in [-0.2, 0) is 0 Å². The fourth-order valence-corrected chi connectivity index (χ4v) is 1.22. The average molecular weight is 206 g/mol. The first-order valence-electron chi connectivity index (χ1n) is 4.29. The van der Waals surface area contributed by atoms with Crippen molar-refractivity contribution in [2.24, 2.45) is 0 Å². The number of hydrogen-bond acceptors (Lipinski definition) is 2. The first-order valence-corrected chi connectivity index (χ1v) is 4.29. The fraction of sp³-hybridized carbons (Fsp3) is 0.0909. The van der Waals surface area contributed by atoms with E-state index >= 15 is 0 Å². The smallest absolute Gasteiger partial charge is 0.336 e. The molecule has 0 aliphatic rings. The highest BCUT2D eigenvalue weighted by atomic mass is 16.4. The topological polar surface area (TPSA) is 74.6 Å². The van der Waals surface area contributed by atoms with Crippen molar-refractivity contribution in [2.75, 3.05) is 0 Å². The van der Waals surface area contributed by atoms with Crippen LogP contribution in [0.1, 0.15) is 33.2 Å². The largest absolute Gasteiger partial charge is 0.478 e. The maximum Gasteiger partial charge on any atom is 0.336 e. The zero-order valence-corrected chi connectivity index (χ0v) is 8.10. The second kappa shape index (κ2) is 4.41. The van der Waals surface area contributed by atoms with Gasteiger partial charge in [-0.05, 0) is 24.6 Å². The molecule has 0 aromatic heterocycles. The Balaban J connectivity index is 3.33. The molecular formula is C11H10O4. The summed E-state index contributed by atoms with van der Waals surface area (Å²) < 4.78 is 0. The van der Waals surface area contributed by atoms with E-state index in [2.05, 4.69) is 0 Å². The second-order valence-electron chi connectivity index (χ2n) is 2.92. The van der Waals surface area contributed by atoms with Gasteiger partial charge in [-0.25, -0.2) is 9.59 Å². The lowest BCUT2D eigenvalue weighted by Gasteiger charge is -2.02. The van der Waals surface area contributed by atoms with Gasteiger partial charge >= 0.3 is 11.9 Å². The number of carboxylic acids is 2. The summed E-state index contributed by atoms with van der Waals surface area (Å²) in [6.07, 6.45) is 3.46. The number of carboxylic acid groups (broad SMARTS) is 2. The third-order valence-electron chi connectivity index (χ3n) is 1.86. The summed E-state index contributed by atoms with van der Waals surface area (Å²) in [7, 11) is 0. The first kappa shape index (κ1) is 11.0. The number of rotatable bonds is 3. The normalized spacial score (nSPS) is 10.5. The average Bonchev–Trinajstić information content (AvgIpc) is 2.17. The first-order chi connectivity index (χ1) is 7.06. The Kier molecular flexibility index (Phi) is 3.23. The van der Waals surface area contributed by atoms with Gasteiger partial charge in [-0.2, -0.15) is 0 Å². The SMILES string of the molecule is CC=Cc1ccc(C(=O)O)c(C(=O)O)c1. The Bertz CT molecular complexity index is 432. The monoisotopic (exact) mass is 206 g/mol. The summed E-state index contributed by atoms with van der Waals surface area (Å²) in [6, 6.07) is 4.20. The van der Waals surface area contributed by atoms with Crippen molar-refractivity contribution in [3.8, 4) is 0 Å². The molecule has 0 radical (unpaired) electrons. The van der Waals surface area contributed by atoms with Crippen LogP contribution in [0.25, 0.3) is 6.08 Å². The van der Waals surface area contributed by atoms with Gasteiger partial charge in [-0.3, -0.25) is 0 Å². The van der Waals surface area contributed by atoms with Gasteiger partial charge in [-0.1, -0.05) is 18.2 Å². The number of aromatic carboxylic acids is 2. The van der Waals surface area contributed by atoms with Crippen molar-refractivity contribution in [2.45, 2.75) is 6.92 Å². The van der Waals surface area contributed by atoms with Crippen LogP contribution in [0.3, 0.4) is 0 Å². The molecule has 0 amide bonds. The molecule has 0 spiro atoms. The van der Waals surface area contributed by atoms with E-state index in [0.29, 0.717) is 5.56 Å². The van der Waals surface area contributed by atoms with Gasteiger partial charge in [-0.15, -0.1) is 0 Å². The van der Waals surface area contributed by atoms with Gasteiger partial charge in [0.1, 0.15) is 0 Å². The molecular weight excluding hydrogens is 196 g/mol. The molecule has 0 saturated heterocycles. The maximum absolute atomic E-state index is 10.8. The third kappa shape index (κ3) is 2.43. The van der Waals surface area contributed by atoms with Gasteiger partial charge in [0.15, 0.2) is 0 Å². The van der Waals surface area contributed by atoms with Crippen molar-refractivity contribution in [3.63, 3.8) is 0 Å². The number of carbonyl (C=O) groups is 2. The van der Waals surface area contributed by atoms with E-state index in [1.165, 1.54) is 12.1 Å². The molecule has 15 heavy (non-hydrogen) atoms. The summed E-state index contributed by atoms with van der Waals surface area (Å²) in [4.78, 5) is 21.5. The molecule has 1 aromatic carbocycles. The molecule has 4 heteroatoms. The minimum absolute atomic E-state index is 0.196. The molecule has 2 N–H and O–H groups in total. The summed E-state index contributed by atoms with van der Waals surface area (Å²) in [5.41, 5.74) is 0.272. The molecule has 0 unspecified atom stereocenters. The molecule has 4 nitrogen and oxygen atoms in total. The Morgan fingerprint density at radius 3 is 2.20 bits per heavy atom. The molecule has 0 bridgehead atoms. The molecule has 0 aliphatic carbocycles. The number of benzene rings is 1. The minimum atomic E-state index is -1.24. The van der Waals surface area contributed by atoms with Gasteiger partial charge in [0.2, 0.25) is 0 Å². The van der Waals surface area contributed by atoms with E-state index in [9.17, 15) is 9.59 Å². The summed E-state index contributed by atoms with van der Waals surface area (Å²) in [6.45, 7) is 1.80. The molecule has 0 atom stereocenters. The van der Waals surface area contributed by atoms with E-state index in [1.807, 2.05) is 0 Å². The van der Waals surface area contributed by atoms with Crippen molar-refractivity contribution in [1.29, 1.82) is 0 Å². The Morgan fingerprint density at radius 2 is 1.73 bits per heavy atom. The molecule has 78 valence electrons. The van der Waals surface area contributed by atoms with Crippen molar-refractivity contribution >= 4 is 18.0 Å². The standard InChI is InChI=1S/C11H10O4/c1-2-3-7-4-5-8(10(12)13)9(6-7)11(14)15/h2-6H,1H3,(H,12,13)(H,14,15). The molecule has 0 aliphatic heterocycles. The van der Waals surface area contributed by atoms with Gasteiger partial charge < -0.3 is 10.2 Å². The number of hydrogen-bond donors (Lipinski definition) is 2. The zero-order chi connectivity index (χ0) is 11.4. The van der Waals surface area contributed by atoms with Gasteiger partial charge in [0, 0.05) is 0 Å². The van der Waals surface area contributed by atoms with Crippen LogP contribution in [0, 0.1) is 0 Å². The predicted molar refractivity (Wildman–Crippen MR) is 55.1 cm³/mol. The highest BCUT2D eigenvalue weighted by molar-refractivity contribution is 6.02. The van der Waals surface area contributed by atoms with Crippen LogP contribution in [0.2, 0.25) is 0 Å². The van der Waals surface area contributed by atoms with Crippen LogP contribution < -0.4 is 0 Å². The highest BCUT2D eigenvalue weighted by Crippen LogP contribution is 2.13. The quantitative estimate of drug-likeness (QED) is 0.794. The van der Waals surface area contributed by atoms with Crippen LogP contribution in [0.15, 0.2) is 24.3 Å². The summed E-state index contributed by atoms with van der Waals surface area (Å²) in [5.74, 6) is -2.47. The molecule has 0 heterocycles. The van der Waals surface area contributed by atoms with Gasteiger partial charge in [0.05, 0.1) is 11.1 Å². The number of allylic oxidation sites excluding steroid dienone is 1. The predicted octanol–water partition coefficient (Wildman–Crippen LogP) is 2.12. The lowest BCUT2D eigenvalue weighted by Crippen LogP contribution is -2.07. The Hall–Kier alpha value is -2.10. The highest BCUT2D eigenvalue weighted by Gasteiger charge is 2.15. The Labute approximate surface area is 86.5 Å². The van der Waals surface area contributed by atoms with Crippen LogP contribution in [0.4, 0.5) is 0 Å². The maximum atomic E-state index is 10.8. The van der Waals surface area contributed by atoms with Crippen LogP contribution in [-0.4, -0.2) is 22.2 Å². The third-order valence-corrected chi connectivity index (χ3v) is 1.86. The van der Waals surface area contributed by atoms with E-state index in [0.717, 1.165) is 0 Å². The second-order valence-corrected chi connectivity index (χ2v) is 2.92. The van der Waals surface area contributed by atoms with Crippen molar-refractivity contribution in [3.05, 3.63) is 41.0 Å². The lowest BCUT2D eigenvalue weighted by atomic mass is 10.0. The van der Waals surface area contributed by atoms with Crippen LogP contribution in [0.5, 0.6) is 0 Å². The van der Waals surface area contributed by atoms with E-state index in [1.54, 1.807) is 25.1 Å².